The second kappa shape index (κ2) is 11.1. The highest BCUT2D eigenvalue weighted by Crippen LogP contribution is 2.16. The van der Waals surface area contributed by atoms with Crippen molar-refractivity contribution < 1.29 is 14.6 Å². The molecule has 0 bridgehead atoms. The van der Waals surface area contributed by atoms with Gasteiger partial charge in [0, 0.05) is 6.08 Å². The van der Waals surface area contributed by atoms with Crippen LogP contribution in [0.3, 0.4) is 0 Å². The summed E-state index contributed by atoms with van der Waals surface area (Å²) in [7, 11) is 0. The monoisotopic (exact) mass is 290 g/mol. The Hall–Kier alpha value is -1.61. The van der Waals surface area contributed by atoms with Crippen molar-refractivity contribution in [3.05, 3.63) is 42.0 Å². The first-order chi connectivity index (χ1) is 10.3. The van der Waals surface area contributed by atoms with Gasteiger partial charge in [-0.15, -0.1) is 0 Å². The summed E-state index contributed by atoms with van der Waals surface area (Å²) in [6.45, 7) is 4.85. The first-order valence-electron chi connectivity index (χ1n) is 7.82. The van der Waals surface area contributed by atoms with Gasteiger partial charge in [-0.1, -0.05) is 69.9 Å². The second-order valence-corrected chi connectivity index (χ2v) is 5.17. The van der Waals surface area contributed by atoms with Gasteiger partial charge in [0.05, 0.1) is 6.61 Å². The summed E-state index contributed by atoms with van der Waals surface area (Å²) in [5.41, 5.74) is 0.958. The molecule has 0 saturated heterocycles. The highest BCUT2D eigenvalue weighted by Gasteiger charge is 2.06. The van der Waals surface area contributed by atoms with Gasteiger partial charge in [0.2, 0.25) is 0 Å². The van der Waals surface area contributed by atoms with E-state index in [4.69, 9.17) is 9.78 Å². The molecule has 0 amide bonds. The predicted molar refractivity (Wildman–Crippen MR) is 85.4 cm³/mol. The molecule has 0 aliphatic carbocycles. The van der Waals surface area contributed by atoms with E-state index < -0.39 is 5.97 Å². The topological polar surface area (TPSA) is 35.5 Å². The van der Waals surface area contributed by atoms with E-state index in [-0.39, 0.29) is 0 Å². The highest BCUT2D eigenvalue weighted by atomic mass is 17.2. The van der Waals surface area contributed by atoms with Crippen LogP contribution in [-0.2, 0) is 14.6 Å². The van der Waals surface area contributed by atoms with Crippen molar-refractivity contribution >= 4 is 12.0 Å². The van der Waals surface area contributed by atoms with Gasteiger partial charge in [-0.2, -0.15) is 4.89 Å². The van der Waals surface area contributed by atoms with Crippen LogP contribution in [0.15, 0.2) is 36.4 Å². The summed E-state index contributed by atoms with van der Waals surface area (Å²) in [6, 6.07) is 9.61. The third-order valence-electron chi connectivity index (χ3n) is 3.51. The number of unbranched alkanes of at least 4 members (excludes halogenated alkanes) is 1. The average Bonchev–Trinajstić information content (AvgIpc) is 2.53. The van der Waals surface area contributed by atoms with Crippen LogP contribution in [0.1, 0.15) is 51.5 Å². The van der Waals surface area contributed by atoms with E-state index in [1.807, 2.05) is 30.3 Å². The smallest absolute Gasteiger partial charge is 0.294 e. The van der Waals surface area contributed by atoms with E-state index in [0.29, 0.717) is 12.5 Å². The predicted octanol–water partition coefficient (Wildman–Crippen LogP) is 4.78. The van der Waals surface area contributed by atoms with Gasteiger partial charge >= 0.3 is 5.97 Å². The van der Waals surface area contributed by atoms with E-state index in [1.165, 1.54) is 25.3 Å². The fourth-order valence-corrected chi connectivity index (χ4v) is 2.12. The van der Waals surface area contributed by atoms with E-state index in [9.17, 15) is 4.79 Å². The molecule has 0 aromatic heterocycles. The lowest BCUT2D eigenvalue weighted by Gasteiger charge is -2.13. The Bertz CT molecular complexity index is 412. The molecule has 116 valence electrons. The molecule has 0 N–H and O–H groups in total. The molecule has 1 atom stereocenters. The summed E-state index contributed by atoms with van der Waals surface area (Å²) in [4.78, 5) is 21.2. The van der Waals surface area contributed by atoms with Crippen LogP contribution in [0.25, 0.3) is 6.08 Å². The molecule has 0 fully saturated rings. The van der Waals surface area contributed by atoms with Gasteiger partial charge in [0.15, 0.2) is 0 Å². The van der Waals surface area contributed by atoms with Crippen molar-refractivity contribution in [1.82, 2.24) is 0 Å². The summed E-state index contributed by atoms with van der Waals surface area (Å²) < 4.78 is 0. The molecule has 1 rings (SSSR count). The fourth-order valence-electron chi connectivity index (χ4n) is 2.12. The van der Waals surface area contributed by atoms with Crippen molar-refractivity contribution in [2.45, 2.75) is 46.0 Å². The van der Waals surface area contributed by atoms with Crippen molar-refractivity contribution in [2.75, 3.05) is 6.61 Å². The first kappa shape index (κ1) is 17.4. The minimum atomic E-state index is -0.472. The Kier molecular flexibility index (Phi) is 9.21. The number of hydrogen-bond donors (Lipinski definition) is 0. The standard InChI is InChI=1S/C18H26O3/c1-3-5-9-16(4-2)14-15-20-21-18(19)13-12-17-10-7-6-8-11-17/h6-8,10-13,16H,3-5,9,14-15H2,1-2H3/b13-12+. The fraction of sp³-hybridized carbons (Fsp3) is 0.500. The summed E-state index contributed by atoms with van der Waals surface area (Å²) in [5.74, 6) is 0.184. The van der Waals surface area contributed by atoms with Crippen LogP contribution >= 0.6 is 0 Å². The van der Waals surface area contributed by atoms with Gasteiger partial charge in [-0.3, -0.25) is 4.89 Å². The molecule has 21 heavy (non-hydrogen) atoms. The molecular formula is C18H26O3. The quantitative estimate of drug-likeness (QED) is 0.269. The minimum absolute atomic E-state index is 0.465. The van der Waals surface area contributed by atoms with Crippen molar-refractivity contribution in [3.63, 3.8) is 0 Å². The third-order valence-corrected chi connectivity index (χ3v) is 3.51. The molecule has 0 aliphatic heterocycles. The number of benzene rings is 1. The molecule has 1 aromatic carbocycles. The highest BCUT2D eigenvalue weighted by molar-refractivity contribution is 5.86. The number of carbonyl (C=O) groups excluding carboxylic acids is 1. The molecule has 0 saturated carbocycles. The van der Waals surface area contributed by atoms with Crippen LogP contribution in [0.2, 0.25) is 0 Å². The molecule has 1 unspecified atom stereocenters. The van der Waals surface area contributed by atoms with Crippen molar-refractivity contribution in [2.24, 2.45) is 5.92 Å². The molecular weight excluding hydrogens is 264 g/mol. The largest absolute Gasteiger partial charge is 0.365 e. The van der Waals surface area contributed by atoms with Crippen LogP contribution in [0, 0.1) is 5.92 Å². The van der Waals surface area contributed by atoms with Gasteiger partial charge in [0.25, 0.3) is 0 Å². The van der Waals surface area contributed by atoms with E-state index >= 15 is 0 Å². The van der Waals surface area contributed by atoms with Gasteiger partial charge in [-0.05, 0) is 24.0 Å². The maximum Gasteiger partial charge on any atom is 0.365 e. The molecule has 3 nitrogen and oxygen atoms in total. The molecule has 0 radical (unpaired) electrons. The Morgan fingerprint density at radius 2 is 1.95 bits per heavy atom. The zero-order valence-corrected chi connectivity index (χ0v) is 13.1. The lowest BCUT2D eigenvalue weighted by molar-refractivity contribution is -0.268. The minimum Gasteiger partial charge on any atom is -0.294 e. The molecule has 3 heteroatoms. The van der Waals surface area contributed by atoms with E-state index in [2.05, 4.69) is 13.8 Å². The summed E-state index contributed by atoms with van der Waals surface area (Å²) in [5, 5.41) is 0. The maximum atomic E-state index is 11.5. The summed E-state index contributed by atoms with van der Waals surface area (Å²) in [6.07, 6.45) is 8.86. The van der Waals surface area contributed by atoms with E-state index in [1.54, 1.807) is 6.08 Å². The molecule has 1 aromatic rings. The summed E-state index contributed by atoms with van der Waals surface area (Å²) >= 11 is 0. The van der Waals surface area contributed by atoms with Crippen LogP contribution in [0.4, 0.5) is 0 Å². The van der Waals surface area contributed by atoms with E-state index in [0.717, 1.165) is 18.4 Å². The lowest BCUT2D eigenvalue weighted by atomic mass is 9.96. The lowest BCUT2D eigenvalue weighted by Crippen LogP contribution is -2.08. The third kappa shape index (κ3) is 8.30. The molecule has 0 aliphatic rings. The maximum absolute atomic E-state index is 11.5. The van der Waals surface area contributed by atoms with Crippen molar-refractivity contribution in [3.8, 4) is 0 Å². The number of rotatable bonds is 10. The Morgan fingerprint density at radius 1 is 1.19 bits per heavy atom. The Labute approximate surface area is 127 Å². The number of hydrogen-bond acceptors (Lipinski definition) is 3. The SMILES string of the molecule is CCCCC(CC)CCOOC(=O)/C=C/c1ccccc1. The zero-order valence-electron chi connectivity index (χ0n) is 13.1. The van der Waals surface area contributed by atoms with Crippen LogP contribution in [0.5, 0.6) is 0 Å². The first-order valence-corrected chi connectivity index (χ1v) is 7.82. The van der Waals surface area contributed by atoms with Gasteiger partial charge in [-0.25, -0.2) is 4.79 Å². The average molecular weight is 290 g/mol. The molecule has 0 spiro atoms. The van der Waals surface area contributed by atoms with Crippen LogP contribution in [-0.4, -0.2) is 12.6 Å². The van der Waals surface area contributed by atoms with Crippen molar-refractivity contribution in [1.29, 1.82) is 0 Å². The normalized spacial score (nSPS) is 12.5. The Balaban J connectivity index is 2.17. The molecule has 0 heterocycles. The van der Waals surface area contributed by atoms with Gasteiger partial charge in [0.1, 0.15) is 0 Å². The second-order valence-electron chi connectivity index (χ2n) is 5.17. The van der Waals surface area contributed by atoms with Crippen LogP contribution < -0.4 is 0 Å². The Morgan fingerprint density at radius 3 is 2.62 bits per heavy atom. The zero-order chi connectivity index (χ0) is 15.3. The van der Waals surface area contributed by atoms with Gasteiger partial charge < -0.3 is 0 Å². The number of carbonyl (C=O) groups is 1.